The van der Waals surface area contributed by atoms with E-state index in [1.54, 1.807) is 12.1 Å². The average Bonchev–Trinajstić information content (AvgIpc) is 2.38. The molecule has 1 aromatic rings. The quantitative estimate of drug-likeness (QED) is 0.666. The fourth-order valence-corrected chi connectivity index (χ4v) is 2.10. The van der Waals surface area contributed by atoms with Crippen LogP contribution in [0.5, 0.6) is 0 Å². The molecule has 0 bridgehead atoms. The number of fused-ring (bicyclic) bond motifs is 1. The van der Waals surface area contributed by atoms with Gasteiger partial charge in [0.2, 0.25) is 0 Å². The Hall–Kier alpha value is -1.69. The molecular formula is C13H14N2O. The summed E-state index contributed by atoms with van der Waals surface area (Å²) in [5.41, 5.74) is 0.996. The predicted molar refractivity (Wildman–Crippen MR) is 60.1 cm³/mol. The number of hydrogen-bond donors (Lipinski definition) is 0. The second-order valence-electron chi connectivity index (χ2n) is 5.28. The Morgan fingerprint density at radius 1 is 1.19 bits per heavy atom. The highest BCUT2D eigenvalue weighted by molar-refractivity contribution is 6.05. The SMILES string of the molecule is CC1(C)C(=O)c2ccc(C#N)nc2C1(C)C. The maximum Gasteiger partial charge on any atom is 0.171 e. The molecule has 1 heterocycles. The lowest BCUT2D eigenvalue weighted by Gasteiger charge is -2.32. The van der Waals surface area contributed by atoms with Crippen molar-refractivity contribution in [1.82, 2.24) is 4.98 Å². The average molecular weight is 214 g/mol. The van der Waals surface area contributed by atoms with Crippen molar-refractivity contribution in [3.8, 4) is 6.07 Å². The number of Topliss-reactive ketones (excluding diaryl/α,β-unsaturated/α-hetero) is 1. The van der Waals surface area contributed by atoms with Gasteiger partial charge in [0, 0.05) is 16.4 Å². The molecule has 0 atom stereocenters. The molecule has 82 valence electrons. The second-order valence-corrected chi connectivity index (χ2v) is 5.28. The Morgan fingerprint density at radius 2 is 1.81 bits per heavy atom. The van der Waals surface area contributed by atoms with Crippen LogP contribution < -0.4 is 0 Å². The normalized spacial score (nSPS) is 20.3. The van der Waals surface area contributed by atoms with E-state index >= 15 is 0 Å². The molecular weight excluding hydrogens is 200 g/mol. The van der Waals surface area contributed by atoms with Crippen molar-refractivity contribution in [3.05, 3.63) is 29.1 Å². The number of nitriles is 1. The number of carbonyl (C=O) groups excluding carboxylic acids is 1. The van der Waals surface area contributed by atoms with Gasteiger partial charge in [0.05, 0.1) is 5.69 Å². The maximum atomic E-state index is 12.2. The third-order valence-electron chi connectivity index (χ3n) is 3.98. The lowest BCUT2D eigenvalue weighted by Crippen LogP contribution is -2.36. The summed E-state index contributed by atoms with van der Waals surface area (Å²) in [5.74, 6) is 0.115. The van der Waals surface area contributed by atoms with Crippen LogP contribution >= 0.6 is 0 Å². The summed E-state index contributed by atoms with van der Waals surface area (Å²) in [4.78, 5) is 16.5. The van der Waals surface area contributed by atoms with Crippen LogP contribution in [0.25, 0.3) is 0 Å². The van der Waals surface area contributed by atoms with E-state index in [4.69, 9.17) is 5.26 Å². The van der Waals surface area contributed by atoms with Gasteiger partial charge < -0.3 is 0 Å². The van der Waals surface area contributed by atoms with Crippen molar-refractivity contribution in [2.45, 2.75) is 33.1 Å². The molecule has 2 rings (SSSR count). The molecule has 3 heteroatoms. The van der Waals surface area contributed by atoms with Crippen molar-refractivity contribution in [1.29, 1.82) is 5.26 Å². The number of rotatable bonds is 0. The minimum atomic E-state index is -0.462. The lowest BCUT2D eigenvalue weighted by molar-refractivity contribution is 0.0777. The van der Waals surface area contributed by atoms with Crippen molar-refractivity contribution in [2.24, 2.45) is 5.41 Å². The van der Waals surface area contributed by atoms with E-state index in [2.05, 4.69) is 4.98 Å². The number of aromatic nitrogens is 1. The Labute approximate surface area is 95.1 Å². The van der Waals surface area contributed by atoms with E-state index in [-0.39, 0.29) is 11.2 Å². The first-order valence-corrected chi connectivity index (χ1v) is 5.29. The first-order chi connectivity index (χ1) is 7.32. The number of pyridine rings is 1. The van der Waals surface area contributed by atoms with Crippen LogP contribution in [0.4, 0.5) is 0 Å². The molecule has 0 amide bonds. The molecule has 0 unspecified atom stereocenters. The predicted octanol–water partition coefficient (Wildman–Crippen LogP) is 2.45. The highest BCUT2D eigenvalue weighted by Gasteiger charge is 2.53. The van der Waals surface area contributed by atoms with Gasteiger partial charge in [-0.15, -0.1) is 0 Å². The number of carbonyl (C=O) groups is 1. The summed E-state index contributed by atoms with van der Waals surface area (Å²) in [7, 11) is 0. The molecule has 0 spiro atoms. The first kappa shape index (κ1) is 10.8. The molecule has 1 aliphatic rings. The molecule has 0 aromatic carbocycles. The molecule has 3 nitrogen and oxygen atoms in total. The van der Waals surface area contributed by atoms with Gasteiger partial charge in [-0.25, -0.2) is 4.98 Å². The molecule has 0 saturated carbocycles. The highest BCUT2D eigenvalue weighted by Crippen LogP contribution is 2.49. The van der Waals surface area contributed by atoms with Crippen molar-refractivity contribution in [3.63, 3.8) is 0 Å². The van der Waals surface area contributed by atoms with Crippen LogP contribution in [0.3, 0.4) is 0 Å². The van der Waals surface area contributed by atoms with E-state index in [0.717, 1.165) is 5.69 Å². The largest absolute Gasteiger partial charge is 0.293 e. The van der Waals surface area contributed by atoms with Crippen LogP contribution in [-0.2, 0) is 5.41 Å². The summed E-state index contributed by atoms with van der Waals surface area (Å²) in [6, 6.07) is 5.34. The summed E-state index contributed by atoms with van der Waals surface area (Å²) in [6.45, 7) is 7.88. The zero-order valence-corrected chi connectivity index (χ0v) is 9.96. The fourth-order valence-electron chi connectivity index (χ4n) is 2.10. The number of hydrogen-bond acceptors (Lipinski definition) is 3. The van der Waals surface area contributed by atoms with E-state index in [0.29, 0.717) is 11.3 Å². The Kier molecular flexibility index (Phi) is 1.97. The summed E-state index contributed by atoms with van der Waals surface area (Å²) in [6.07, 6.45) is 0. The van der Waals surface area contributed by atoms with Crippen molar-refractivity contribution in [2.75, 3.05) is 0 Å². The second kappa shape index (κ2) is 2.91. The molecule has 1 aromatic heterocycles. The summed E-state index contributed by atoms with van der Waals surface area (Å²) >= 11 is 0. The van der Waals surface area contributed by atoms with E-state index < -0.39 is 5.41 Å². The Bertz CT molecular complexity index is 521. The number of nitrogens with zero attached hydrogens (tertiary/aromatic N) is 2. The zero-order valence-electron chi connectivity index (χ0n) is 9.96. The highest BCUT2D eigenvalue weighted by atomic mass is 16.1. The minimum Gasteiger partial charge on any atom is -0.293 e. The zero-order chi connectivity index (χ0) is 12.1. The maximum absolute atomic E-state index is 12.2. The van der Waals surface area contributed by atoms with Crippen LogP contribution in [0, 0.1) is 16.7 Å². The van der Waals surface area contributed by atoms with Gasteiger partial charge >= 0.3 is 0 Å². The molecule has 16 heavy (non-hydrogen) atoms. The molecule has 0 saturated heterocycles. The topological polar surface area (TPSA) is 53.8 Å². The van der Waals surface area contributed by atoms with E-state index in [1.165, 1.54) is 0 Å². The van der Waals surface area contributed by atoms with Gasteiger partial charge in [-0.1, -0.05) is 27.7 Å². The molecule has 1 aliphatic carbocycles. The molecule has 0 radical (unpaired) electrons. The van der Waals surface area contributed by atoms with Crippen molar-refractivity contribution >= 4 is 5.78 Å². The summed E-state index contributed by atoms with van der Waals surface area (Å²) in [5, 5.41) is 8.84. The lowest BCUT2D eigenvalue weighted by atomic mass is 9.69. The Balaban J connectivity index is 2.75. The van der Waals surface area contributed by atoms with E-state index in [9.17, 15) is 4.79 Å². The van der Waals surface area contributed by atoms with Gasteiger partial charge in [0.1, 0.15) is 11.8 Å². The summed E-state index contributed by atoms with van der Waals surface area (Å²) < 4.78 is 0. The monoisotopic (exact) mass is 214 g/mol. The fraction of sp³-hybridized carbons (Fsp3) is 0.462. The van der Waals surface area contributed by atoms with E-state index in [1.807, 2.05) is 33.8 Å². The van der Waals surface area contributed by atoms with Crippen LogP contribution in [0.15, 0.2) is 12.1 Å². The van der Waals surface area contributed by atoms with Crippen LogP contribution in [0.1, 0.15) is 49.4 Å². The van der Waals surface area contributed by atoms with Crippen LogP contribution in [-0.4, -0.2) is 10.8 Å². The molecule has 0 aliphatic heterocycles. The van der Waals surface area contributed by atoms with Gasteiger partial charge in [0.15, 0.2) is 5.78 Å². The standard InChI is InChI=1S/C13H14N2O/c1-12(2)10-9(11(16)13(12,3)4)6-5-8(7-14)15-10/h5-6H,1-4H3. The van der Waals surface area contributed by atoms with Gasteiger partial charge in [-0.3, -0.25) is 4.79 Å². The Morgan fingerprint density at radius 3 is 2.38 bits per heavy atom. The first-order valence-electron chi connectivity index (χ1n) is 5.29. The van der Waals surface area contributed by atoms with Gasteiger partial charge in [-0.2, -0.15) is 5.26 Å². The minimum absolute atomic E-state index is 0.115. The third-order valence-corrected chi connectivity index (χ3v) is 3.98. The smallest absolute Gasteiger partial charge is 0.171 e. The van der Waals surface area contributed by atoms with Gasteiger partial charge in [-0.05, 0) is 12.1 Å². The van der Waals surface area contributed by atoms with Gasteiger partial charge in [0.25, 0.3) is 0 Å². The molecule has 0 N–H and O–H groups in total. The van der Waals surface area contributed by atoms with Crippen LogP contribution in [0.2, 0.25) is 0 Å². The third kappa shape index (κ3) is 1.07. The van der Waals surface area contributed by atoms with Crippen molar-refractivity contribution < 1.29 is 4.79 Å². The molecule has 0 fully saturated rings. The number of ketones is 1.